The minimum absolute atomic E-state index is 0.0785. The molecule has 0 saturated heterocycles. The van der Waals surface area contributed by atoms with Crippen LogP contribution in [-0.4, -0.2) is 40.6 Å². The highest BCUT2D eigenvalue weighted by atomic mass is 16.5. The number of nitrogens with zero attached hydrogens (tertiary/aromatic N) is 3. The number of ether oxygens (including phenoxy) is 1. The molecule has 0 aliphatic carbocycles. The smallest absolute Gasteiger partial charge is 0.251 e. The summed E-state index contributed by atoms with van der Waals surface area (Å²) in [6.07, 6.45) is 3.36. The molecule has 1 atom stereocenters. The van der Waals surface area contributed by atoms with Gasteiger partial charge in [-0.15, -0.1) is 0 Å². The van der Waals surface area contributed by atoms with Crippen molar-refractivity contribution in [1.82, 2.24) is 20.3 Å². The van der Waals surface area contributed by atoms with E-state index in [1.54, 1.807) is 19.5 Å². The number of rotatable bonds is 8. The van der Waals surface area contributed by atoms with Gasteiger partial charge in [0.25, 0.3) is 5.91 Å². The number of hydrogen-bond acceptors (Lipinski definition) is 6. The molecule has 1 unspecified atom stereocenters. The van der Waals surface area contributed by atoms with Crippen LogP contribution in [0.2, 0.25) is 0 Å². The maximum absolute atomic E-state index is 12.3. The highest BCUT2D eigenvalue weighted by Gasteiger charge is 2.15. The Morgan fingerprint density at radius 3 is 2.55 bits per heavy atom. The second-order valence-corrected chi connectivity index (χ2v) is 7.84. The molecule has 3 rings (SSSR count). The third-order valence-corrected chi connectivity index (χ3v) is 4.91. The number of pyridine rings is 1. The molecule has 0 spiro atoms. The normalized spacial score (nSPS) is 11.8. The van der Waals surface area contributed by atoms with E-state index in [0.29, 0.717) is 17.9 Å². The summed E-state index contributed by atoms with van der Waals surface area (Å²) in [5.41, 5.74) is 4.33. The summed E-state index contributed by atoms with van der Waals surface area (Å²) in [4.78, 5) is 25.3. The van der Waals surface area contributed by atoms with Crippen molar-refractivity contribution < 1.29 is 9.53 Å². The maximum Gasteiger partial charge on any atom is 0.251 e. The summed E-state index contributed by atoms with van der Waals surface area (Å²) in [6.45, 7) is 8.58. The van der Waals surface area contributed by atoms with Gasteiger partial charge in [0.15, 0.2) is 0 Å². The molecule has 31 heavy (non-hydrogen) atoms. The number of anilines is 1. The third kappa shape index (κ3) is 5.78. The molecule has 2 heterocycles. The third-order valence-electron chi connectivity index (χ3n) is 4.91. The van der Waals surface area contributed by atoms with Gasteiger partial charge in [-0.2, -0.15) is 0 Å². The van der Waals surface area contributed by atoms with Crippen LogP contribution in [0.25, 0.3) is 11.3 Å². The van der Waals surface area contributed by atoms with Crippen molar-refractivity contribution in [1.29, 1.82) is 0 Å². The summed E-state index contributed by atoms with van der Waals surface area (Å²) >= 11 is 0. The lowest BCUT2D eigenvalue weighted by Gasteiger charge is -2.18. The van der Waals surface area contributed by atoms with Crippen molar-refractivity contribution in [2.24, 2.45) is 0 Å². The molecular formula is C24H29N5O2. The van der Waals surface area contributed by atoms with E-state index in [0.717, 1.165) is 28.3 Å². The Hall–Kier alpha value is -3.48. The van der Waals surface area contributed by atoms with Crippen LogP contribution in [0.3, 0.4) is 0 Å². The molecule has 2 aromatic heterocycles. The van der Waals surface area contributed by atoms with Gasteiger partial charge in [0.2, 0.25) is 0 Å². The van der Waals surface area contributed by atoms with Crippen molar-refractivity contribution in [2.75, 3.05) is 19.0 Å². The minimum atomic E-state index is -0.107. The van der Waals surface area contributed by atoms with Crippen LogP contribution < -0.4 is 15.4 Å². The summed E-state index contributed by atoms with van der Waals surface area (Å²) in [6, 6.07) is 11.5. The molecule has 7 heteroatoms. The summed E-state index contributed by atoms with van der Waals surface area (Å²) in [7, 11) is 1.62. The SMILES string of the molecule is COc1cc(C(=O)NC(C)C)ccc1C(C)CNc1cc(-c2ccc(C)nc2)ncn1. The van der Waals surface area contributed by atoms with Crippen molar-refractivity contribution in [3.05, 3.63) is 65.7 Å². The van der Waals surface area contributed by atoms with Crippen molar-refractivity contribution >= 4 is 11.7 Å². The molecular weight excluding hydrogens is 390 g/mol. The topological polar surface area (TPSA) is 89.0 Å². The second kappa shape index (κ2) is 10.0. The van der Waals surface area contributed by atoms with Gasteiger partial charge in [-0.05, 0) is 50.6 Å². The van der Waals surface area contributed by atoms with Crippen LogP contribution in [0, 0.1) is 6.92 Å². The molecule has 2 N–H and O–H groups in total. The van der Waals surface area contributed by atoms with Gasteiger partial charge in [-0.1, -0.05) is 13.0 Å². The number of nitrogens with one attached hydrogen (secondary N) is 2. The Labute approximate surface area is 183 Å². The molecule has 0 radical (unpaired) electrons. The number of methoxy groups -OCH3 is 1. The highest BCUT2D eigenvalue weighted by Crippen LogP contribution is 2.28. The van der Waals surface area contributed by atoms with Crippen LogP contribution in [0.5, 0.6) is 5.75 Å². The summed E-state index contributed by atoms with van der Waals surface area (Å²) in [5.74, 6) is 1.46. The zero-order valence-electron chi connectivity index (χ0n) is 18.6. The highest BCUT2D eigenvalue weighted by molar-refractivity contribution is 5.94. The van der Waals surface area contributed by atoms with E-state index in [-0.39, 0.29) is 17.9 Å². The van der Waals surface area contributed by atoms with Crippen molar-refractivity contribution in [2.45, 2.75) is 39.7 Å². The Morgan fingerprint density at radius 2 is 1.87 bits per heavy atom. The van der Waals surface area contributed by atoms with Crippen LogP contribution in [-0.2, 0) is 0 Å². The van der Waals surface area contributed by atoms with E-state index in [4.69, 9.17) is 4.74 Å². The Balaban J connectivity index is 1.70. The zero-order chi connectivity index (χ0) is 22.4. The molecule has 0 bridgehead atoms. The molecule has 3 aromatic rings. The lowest BCUT2D eigenvalue weighted by Crippen LogP contribution is -2.30. The second-order valence-electron chi connectivity index (χ2n) is 7.84. The molecule has 1 amide bonds. The molecule has 162 valence electrons. The van der Waals surface area contributed by atoms with Gasteiger partial charge in [0, 0.05) is 47.6 Å². The Kier molecular flexibility index (Phi) is 7.18. The molecule has 0 saturated carbocycles. The fourth-order valence-electron chi connectivity index (χ4n) is 3.20. The predicted molar refractivity (Wildman–Crippen MR) is 123 cm³/mol. The predicted octanol–water partition coefficient (Wildman–Crippen LogP) is 4.21. The number of benzene rings is 1. The van der Waals surface area contributed by atoms with Gasteiger partial charge in [0.1, 0.15) is 17.9 Å². The number of amides is 1. The standard InChI is InChI=1S/C24H29N5O2/c1-15(2)29-24(30)18-8-9-20(22(10-18)31-5)16(3)12-26-23-11-21(27-14-28-23)19-7-6-17(4)25-13-19/h6-11,13-16H,12H2,1-5H3,(H,29,30)(H,26,27,28). The van der Waals surface area contributed by atoms with E-state index in [9.17, 15) is 4.79 Å². The molecule has 7 nitrogen and oxygen atoms in total. The van der Waals surface area contributed by atoms with Crippen molar-refractivity contribution in [3.8, 4) is 17.0 Å². The van der Waals surface area contributed by atoms with Gasteiger partial charge >= 0.3 is 0 Å². The largest absolute Gasteiger partial charge is 0.496 e. The lowest BCUT2D eigenvalue weighted by molar-refractivity contribution is 0.0942. The van der Waals surface area contributed by atoms with Crippen LogP contribution >= 0.6 is 0 Å². The molecule has 0 aliphatic heterocycles. The zero-order valence-corrected chi connectivity index (χ0v) is 18.6. The fourth-order valence-corrected chi connectivity index (χ4v) is 3.20. The van der Waals surface area contributed by atoms with E-state index >= 15 is 0 Å². The summed E-state index contributed by atoms with van der Waals surface area (Å²) < 4.78 is 5.56. The maximum atomic E-state index is 12.3. The number of aromatic nitrogens is 3. The number of hydrogen-bond donors (Lipinski definition) is 2. The minimum Gasteiger partial charge on any atom is -0.496 e. The van der Waals surface area contributed by atoms with E-state index < -0.39 is 0 Å². The molecule has 0 aliphatic rings. The average molecular weight is 420 g/mol. The van der Waals surface area contributed by atoms with Gasteiger partial charge < -0.3 is 15.4 Å². The first-order valence-electron chi connectivity index (χ1n) is 10.3. The Morgan fingerprint density at radius 1 is 1.06 bits per heavy atom. The van der Waals surface area contributed by atoms with Crippen LogP contribution in [0.1, 0.15) is 48.3 Å². The first kappa shape index (κ1) is 22.2. The van der Waals surface area contributed by atoms with Crippen molar-refractivity contribution in [3.63, 3.8) is 0 Å². The van der Waals surface area contributed by atoms with E-state index in [1.165, 1.54) is 0 Å². The average Bonchev–Trinajstić information content (AvgIpc) is 2.77. The Bertz CT molecular complexity index is 1030. The quantitative estimate of drug-likeness (QED) is 0.569. The number of aryl methyl sites for hydroxylation is 1. The first-order chi connectivity index (χ1) is 14.9. The first-order valence-corrected chi connectivity index (χ1v) is 10.3. The number of carbonyl (C=O) groups is 1. The summed E-state index contributed by atoms with van der Waals surface area (Å²) in [5, 5.41) is 6.27. The van der Waals surface area contributed by atoms with E-state index in [1.807, 2.05) is 57.3 Å². The molecule has 1 aromatic carbocycles. The van der Waals surface area contributed by atoms with Gasteiger partial charge in [-0.3, -0.25) is 9.78 Å². The monoisotopic (exact) mass is 419 g/mol. The van der Waals surface area contributed by atoms with Crippen LogP contribution in [0.15, 0.2) is 48.9 Å². The van der Waals surface area contributed by atoms with E-state index in [2.05, 4.69) is 32.5 Å². The fraction of sp³-hybridized carbons (Fsp3) is 0.333. The number of carbonyl (C=O) groups excluding carboxylic acids is 1. The van der Waals surface area contributed by atoms with Gasteiger partial charge in [-0.25, -0.2) is 9.97 Å². The van der Waals surface area contributed by atoms with Gasteiger partial charge in [0.05, 0.1) is 12.8 Å². The molecule has 0 fully saturated rings. The lowest BCUT2D eigenvalue weighted by atomic mass is 9.98. The van der Waals surface area contributed by atoms with Crippen LogP contribution in [0.4, 0.5) is 5.82 Å².